The molecule has 0 spiro atoms. The molecule has 1 fully saturated rings. The number of sulfone groups is 1. The molecular formula is C20H22F2N2O4S. The van der Waals surface area contributed by atoms with Crippen molar-refractivity contribution in [3.8, 4) is 0 Å². The lowest BCUT2D eigenvalue weighted by atomic mass is 10.0. The molecule has 0 radical (unpaired) electrons. The van der Waals surface area contributed by atoms with Crippen LogP contribution >= 0.6 is 0 Å². The Morgan fingerprint density at radius 2 is 1.76 bits per heavy atom. The van der Waals surface area contributed by atoms with Gasteiger partial charge in [-0.2, -0.15) is 0 Å². The van der Waals surface area contributed by atoms with Gasteiger partial charge in [-0.25, -0.2) is 17.2 Å². The fourth-order valence-electron chi connectivity index (χ4n) is 3.32. The average molecular weight is 424 g/mol. The molecule has 9 heteroatoms. The topological polar surface area (TPSA) is 86.7 Å². The van der Waals surface area contributed by atoms with E-state index in [0.717, 1.165) is 12.1 Å². The summed E-state index contributed by atoms with van der Waals surface area (Å²) < 4.78 is 50.3. The van der Waals surface area contributed by atoms with E-state index in [9.17, 15) is 27.1 Å². The molecule has 0 aliphatic carbocycles. The zero-order valence-electron chi connectivity index (χ0n) is 15.6. The summed E-state index contributed by atoms with van der Waals surface area (Å²) in [6.07, 6.45) is -1.35. The molecule has 2 aromatic rings. The Bertz CT molecular complexity index is 956. The van der Waals surface area contributed by atoms with E-state index in [4.69, 9.17) is 0 Å². The highest BCUT2D eigenvalue weighted by Gasteiger charge is 2.32. The number of benzene rings is 2. The Morgan fingerprint density at radius 3 is 2.38 bits per heavy atom. The van der Waals surface area contributed by atoms with Crippen molar-refractivity contribution in [2.24, 2.45) is 0 Å². The third kappa shape index (κ3) is 5.37. The molecule has 156 valence electrons. The fourth-order valence-corrected chi connectivity index (χ4v) is 4.55. The smallest absolute Gasteiger partial charge is 0.242 e. The number of nitrogens with zero attached hydrogens (tertiary/aromatic N) is 1. The van der Waals surface area contributed by atoms with Gasteiger partial charge in [0, 0.05) is 31.3 Å². The highest BCUT2D eigenvalue weighted by atomic mass is 32.2. The number of aliphatic hydroxyl groups excluding tert-OH is 1. The lowest BCUT2D eigenvalue weighted by molar-refractivity contribution is -0.127. The highest BCUT2D eigenvalue weighted by molar-refractivity contribution is 7.91. The number of hydrogen-bond donors (Lipinski definition) is 2. The van der Waals surface area contributed by atoms with Crippen molar-refractivity contribution in [3.63, 3.8) is 0 Å². The minimum atomic E-state index is -3.11. The second-order valence-corrected chi connectivity index (χ2v) is 9.23. The summed E-state index contributed by atoms with van der Waals surface area (Å²) in [5, 5.41) is 12.8. The standard InChI is InChI=1S/C20H22F2N2O4S/c21-15-6-7-16(17(22)12-15)18(25)13-23-20(26)19(14-4-2-1-3-5-14)24-8-10-29(27,28)11-9-24/h1-7,12,18-19,25H,8-11,13H2,(H,23,26). The Labute approximate surface area is 168 Å². The molecule has 0 bridgehead atoms. The molecule has 1 aliphatic rings. The van der Waals surface area contributed by atoms with Crippen LogP contribution < -0.4 is 5.32 Å². The van der Waals surface area contributed by atoms with Crippen LogP contribution in [0, 0.1) is 11.6 Å². The third-order valence-electron chi connectivity index (χ3n) is 4.90. The van der Waals surface area contributed by atoms with E-state index in [-0.39, 0.29) is 36.7 Å². The van der Waals surface area contributed by atoms with Crippen LogP contribution in [-0.4, -0.2) is 55.5 Å². The molecule has 0 aromatic heterocycles. The quantitative estimate of drug-likeness (QED) is 0.736. The molecule has 1 aliphatic heterocycles. The summed E-state index contributed by atoms with van der Waals surface area (Å²) in [6, 6.07) is 11.0. The number of amides is 1. The van der Waals surface area contributed by atoms with Crippen LogP contribution in [-0.2, 0) is 14.6 Å². The van der Waals surface area contributed by atoms with Crippen LogP contribution in [0.4, 0.5) is 8.78 Å². The van der Waals surface area contributed by atoms with Crippen molar-refractivity contribution >= 4 is 15.7 Å². The normalized spacial score (nSPS) is 18.7. The molecule has 3 rings (SSSR count). The third-order valence-corrected chi connectivity index (χ3v) is 6.51. The molecule has 1 heterocycles. The monoisotopic (exact) mass is 424 g/mol. The summed E-state index contributed by atoms with van der Waals surface area (Å²) in [5.41, 5.74) is 0.568. The van der Waals surface area contributed by atoms with Gasteiger partial charge in [-0.15, -0.1) is 0 Å². The average Bonchev–Trinajstić information content (AvgIpc) is 2.68. The zero-order chi connectivity index (χ0) is 21.0. The van der Waals surface area contributed by atoms with Crippen LogP contribution in [0.25, 0.3) is 0 Å². The van der Waals surface area contributed by atoms with Crippen LogP contribution in [0.15, 0.2) is 48.5 Å². The summed E-state index contributed by atoms with van der Waals surface area (Å²) in [5.74, 6) is -2.16. The van der Waals surface area contributed by atoms with Crippen molar-refractivity contribution in [1.82, 2.24) is 10.2 Å². The zero-order valence-corrected chi connectivity index (χ0v) is 16.4. The predicted octanol–water partition coefficient (Wildman–Crippen LogP) is 1.59. The van der Waals surface area contributed by atoms with E-state index in [1.165, 1.54) is 0 Å². The van der Waals surface area contributed by atoms with E-state index in [1.807, 2.05) is 0 Å². The number of carbonyl (C=O) groups excluding carboxylic acids is 1. The molecule has 1 amide bonds. The van der Waals surface area contributed by atoms with Crippen molar-refractivity contribution < 1.29 is 27.1 Å². The first-order valence-corrected chi connectivity index (χ1v) is 11.0. The molecule has 2 unspecified atom stereocenters. The van der Waals surface area contributed by atoms with Gasteiger partial charge >= 0.3 is 0 Å². The predicted molar refractivity (Wildman–Crippen MR) is 104 cm³/mol. The number of rotatable bonds is 6. The van der Waals surface area contributed by atoms with Crippen molar-refractivity contribution in [2.75, 3.05) is 31.1 Å². The van der Waals surface area contributed by atoms with Crippen LogP contribution in [0.5, 0.6) is 0 Å². The van der Waals surface area contributed by atoms with Crippen molar-refractivity contribution in [2.45, 2.75) is 12.1 Å². The number of aliphatic hydroxyl groups is 1. The maximum absolute atomic E-state index is 13.8. The van der Waals surface area contributed by atoms with Gasteiger partial charge in [-0.3, -0.25) is 9.69 Å². The molecule has 2 aromatic carbocycles. The van der Waals surface area contributed by atoms with Gasteiger partial charge in [0.05, 0.1) is 17.6 Å². The Kier molecular flexibility index (Phi) is 6.61. The molecular weight excluding hydrogens is 402 g/mol. The van der Waals surface area contributed by atoms with E-state index >= 15 is 0 Å². The van der Waals surface area contributed by atoms with E-state index in [2.05, 4.69) is 5.32 Å². The van der Waals surface area contributed by atoms with Gasteiger partial charge in [-0.05, 0) is 11.6 Å². The van der Waals surface area contributed by atoms with E-state index < -0.39 is 39.5 Å². The van der Waals surface area contributed by atoms with Crippen molar-refractivity contribution in [3.05, 3.63) is 71.3 Å². The Hall–Kier alpha value is -2.36. The molecule has 29 heavy (non-hydrogen) atoms. The van der Waals surface area contributed by atoms with Crippen LogP contribution in [0.2, 0.25) is 0 Å². The maximum Gasteiger partial charge on any atom is 0.242 e. The fraction of sp³-hybridized carbons (Fsp3) is 0.350. The summed E-state index contributed by atoms with van der Waals surface area (Å²) >= 11 is 0. The second kappa shape index (κ2) is 8.98. The summed E-state index contributed by atoms with van der Waals surface area (Å²) in [4.78, 5) is 14.7. The Morgan fingerprint density at radius 1 is 1.10 bits per heavy atom. The summed E-state index contributed by atoms with van der Waals surface area (Å²) in [6.45, 7) is 0.159. The minimum absolute atomic E-state index is 0.0347. The summed E-state index contributed by atoms with van der Waals surface area (Å²) in [7, 11) is -3.11. The van der Waals surface area contributed by atoms with Gasteiger partial charge in [0.25, 0.3) is 0 Å². The first kappa shape index (κ1) is 21.4. The number of nitrogens with one attached hydrogen (secondary N) is 1. The van der Waals surface area contributed by atoms with Crippen molar-refractivity contribution in [1.29, 1.82) is 0 Å². The number of carbonyl (C=O) groups is 1. The maximum atomic E-state index is 13.8. The van der Waals surface area contributed by atoms with Crippen LogP contribution in [0.1, 0.15) is 23.3 Å². The largest absolute Gasteiger partial charge is 0.386 e. The van der Waals surface area contributed by atoms with Gasteiger partial charge in [-0.1, -0.05) is 36.4 Å². The van der Waals surface area contributed by atoms with Gasteiger partial charge in [0.1, 0.15) is 17.7 Å². The first-order valence-electron chi connectivity index (χ1n) is 9.17. The van der Waals surface area contributed by atoms with E-state index in [0.29, 0.717) is 11.6 Å². The lowest BCUT2D eigenvalue weighted by Crippen LogP contribution is -2.48. The first-order chi connectivity index (χ1) is 13.8. The highest BCUT2D eigenvalue weighted by Crippen LogP contribution is 2.24. The SMILES string of the molecule is O=C(NCC(O)c1ccc(F)cc1F)C(c1ccccc1)N1CCS(=O)(=O)CC1. The van der Waals surface area contributed by atoms with Gasteiger partial charge in [0.2, 0.25) is 5.91 Å². The van der Waals surface area contributed by atoms with Gasteiger partial charge < -0.3 is 10.4 Å². The van der Waals surface area contributed by atoms with E-state index in [1.54, 1.807) is 35.2 Å². The minimum Gasteiger partial charge on any atom is -0.386 e. The molecule has 1 saturated heterocycles. The second-order valence-electron chi connectivity index (χ2n) is 6.93. The molecule has 6 nitrogen and oxygen atoms in total. The molecule has 0 saturated carbocycles. The molecule has 2 N–H and O–H groups in total. The van der Waals surface area contributed by atoms with Crippen LogP contribution in [0.3, 0.4) is 0 Å². The van der Waals surface area contributed by atoms with Gasteiger partial charge in [0.15, 0.2) is 9.84 Å². The lowest BCUT2D eigenvalue weighted by Gasteiger charge is -2.34. The number of hydrogen-bond acceptors (Lipinski definition) is 5. The Balaban J connectivity index is 1.73. The number of halogens is 2. The molecule has 2 atom stereocenters.